The van der Waals surface area contributed by atoms with E-state index in [1.54, 1.807) is 0 Å². The SMILES string of the molecule is CCCCCCCCCCCCCCCCCCCOC(=O)OCCC. The van der Waals surface area contributed by atoms with Crippen LogP contribution in [-0.4, -0.2) is 19.4 Å². The summed E-state index contributed by atoms with van der Waals surface area (Å²) in [7, 11) is 0. The van der Waals surface area contributed by atoms with Gasteiger partial charge in [0.2, 0.25) is 0 Å². The largest absolute Gasteiger partial charge is 0.508 e. The van der Waals surface area contributed by atoms with Gasteiger partial charge in [0, 0.05) is 0 Å². The third kappa shape index (κ3) is 21.3. The van der Waals surface area contributed by atoms with E-state index in [-0.39, 0.29) is 0 Å². The number of hydrogen-bond donors (Lipinski definition) is 0. The van der Waals surface area contributed by atoms with Crippen molar-refractivity contribution in [1.29, 1.82) is 0 Å². The molecule has 0 N–H and O–H groups in total. The number of unbranched alkanes of at least 4 members (excludes halogenated alkanes) is 16. The van der Waals surface area contributed by atoms with Gasteiger partial charge in [-0.2, -0.15) is 0 Å². The molecule has 0 fully saturated rings. The van der Waals surface area contributed by atoms with Crippen LogP contribution in [0.3, 0.4) is 0 Å². The van der Waals surface area contributed by atoms with Gasteiger partial charge in [0.25, 0.3) is 0 Å². The molecule has 0 bridgehead atoms. The number of ether oxygens (including phenoxy) is 2. The zero-order valence-electron chi connectivity index (χ0n) is 17.9. The topological polar surface area (TPSA) is 35.5 Å². The minimum Gasteiger partial charge on any atom is -0.434 e. The molecule has 0 rings (SSSR count). The van der Waals surface area contributed by atoms with Crippen LogP contribution in [0.4, 0.5) is 4.79 Å². The third-order valence-corrected chi connectivity index (χ3v) is 4.89. The number of carbonyl (C=O) groups excluding carboxylic acids is 1. The molecule has 0 aromatic rings. The van der Waals surface area contributed by atoms with Gasteiger partial charge in [-0.15, -0.1) is 0 Å². The van der Waals surface area contributed by atoms with E-state index in [1.807, 2.05) is 6.92 Å². The van der Waals surface area contributed by atoms with Crippen LogP contribution < -0.4 is 0 Å². The van der Waals surface area contributed by atoms with Gasteiger partial charge in [0.05, 0.1) is 13.2 Å². The van der Waals surface area contributed by atoms with Gasteiger partial charge in [-0.25, -0.2) is 4.79 Å². The number of rotatable bonds is 20. The first-order chi connectivity index (χ1) is 12.8. The fourth-order valence-electron chi connectivity index (χ4n) is 3.21. The van der Waals surface area contributed by atoms with E-state index in [9.17, 15) is 4.79 Å². The summed E-state index contributed by atoms with van der Waals surface area (Å²) < 4.78 is 9.87. The molecule has 0 amide bonds. The first-order valence-electron chi connectivity index (χ1n) is 11.6. The van der Waals surface area contributed by atoms with Crippen LogP contribution >= 0.6 is 0 Å². The molecule has 0 saturated heterocycles. The van der Waals surface area contributed by atoms with E-state index in [0.717, 1.165) is 19.3 Å². The van der Waals surface area contributed by atoms with Gasteiger partial charge in [-0.1, -0.05) is 117 Å². The Morgan fingerprint density at radius 2 is 0.808 bits per heavy atom. The Balaban J connectivity index is 3.04. The molecule has 3 heteroatoms. The van der Waals surface area contributed by atoms with Crippen molar-refractivity contribution in [3.8, 4) is 0 Å². The van der Waals surface area contributed by atoms with Crippen LogP contribution in [0, 0.1) is 0 Å². The number of hydrogen-bond acceptors (Lipinski definition) is 3. The summed E-state index contributed by atoms with van der Waals surface area (Å²) in [5, 5.41) is 0. The Morgan fingerprint density at radius 3 is 1.19 bits per heavy atom. The van der Waals surface area contributed by atoms with Gasteiger partial charge in [-0.3, -0.25) is 0 Å². The Bertz CT molecular complexity index is 279. The van der Waals surface area contributed by atoms with E-state index in [4.69, 9.17) is 9.47 Å². The predicted molar refractivity (Wildman–Crippen MR) is 112 cm³/mol. The van der Waals surface area contributed by atoms with Crippen molar-refractivity contribution >= 4 is 6.16 Å². The van der Waals surface area contributed by atoms with Gasteiger partial charge in [0.15, 0.2) is 0 Å². The number of carbonyl (C=O) groups is 1. The van der Waals surface area contributed by atoms with Crippen molar-refractivity contribution < 1.29 is 14.3 Å². The zero-order chi connectivity index (χ0) is 19.1. The molecular formula is C23H46O3. The summed E-state index contributed by atoms with van der Waals surface area (Å²) in [6, 6.07) is 0. The van der Waals surface area contributed by atoms with E-state index < -0.39 is 6.16 Å². The van der Waals surface area contributed by atoms with Crippen LogP contribution in [0.2, 0.25) is 0 Å². The fourth-order valence-corrected chi connectivity index (χ4v) is 3.21. The Kier molecular flexibility index (Phi) is 21.7. The maximum absolute atomic E-state index is 11.1. The molecule has 0 aromatic carbocycles. The molecule has 0 aliphatic carbocycles. The first kappa shape index (κ1) is 25.3. The molecular weight excluding hydrogens is 324 g/mol. The van der Waals surface area contributed by atoms with E-state index in [1.165, 1.54) is 96.3 Å². The van der Waals surface area contributed by atoms with Crippen molar-refractivity contribution in [3.05, 3.63) is 0 Å². The highest BCUT2D eigenvalue weighted by atomic mass is 16.7. The summed E-state index contributed by atoms with van der Waals surface area (Å²) in [5.41, 5.74) is 0. The standard InChI is InChI=1S/C23H46O3/c1-3-5-6-7-8-9-10-11-12-13-14-15-16-17-18-19-20-22-26-23(24)25-21-4-2/h3-22H2,1-2H3. The van der Waals surface area contributed by atoms with E-state index >= 15 is 0 Å². The van der Waals surface area contributed by atoms with E-state index in [0.29, 0.717) is 13.2 Å². The highest BCUT2D eigenvalue weighted by Gasteiger charge is 2.01. The molecule has 0 unspecified atom stereocenters. The molecule has 156 valence electrons. The molecule has 0 aliphatic rings. The van der Waals surface area contributed by atoms with Crippen LogP contribution in [0.5, 0.6) is 0 Å². The summed E-state index contributed by atoms with van der Waals surface area (Å²) in [6.07, 6.45) is 23.5. The quantitative estimate of drug-likeness (QED) is 0.160. The van der Waals surface area contributed by atoms with Crippen LogP contribution in [0.1, 0.15) is 129 Å². The molecule has 0 aromatic heterocycles. The maximum Gasteiger partial charge on any atom is 0.508 e. The second-order valence-electron chi connectivity index (χ2n) is 7.60. The molecule has 0 heterocycles. The summed E-state index contributed by atoms with van der Waals surface area (Å²) >= 11 is 0. The van der Waals surface area contributed by atoms with Crippen molar-refractivity contribution in [1.82, 2.24) is 0 Å². The summed E-state index contributed by atoms with van der Waals surface area (Å²) in [6.45, 7) is 5.22. The van der Waals surface area contributed by atoms with Crippen LogP contribution in [0.25, 0.3) is 0 Å². The van der Waals surface area contributed by atoms with Crippen molar-refractivity contribution in [2.24, 2.45) is 0 Å². The maximum atomic E-state index is 11.1. The lowest BCUT2D eigenvalue weighted by Gasteiger charge is -2.05. The lowest BCUT2D eigenvalue weighted by Crippen LogP contribution is -2.08. The second-order valence-corrected chi connectivity index (χ2v) is 7.60. The Hall–Kier alpha value is -0.730. The van der Waals surface area contributed by atoms with Crippen molar-refractivity contribution in [2.45, 2.75) is 129 Å². The minimum absolute atomic E-state index is 0.456. The van der Waals surface area contributed by atoms with Gasteiger partial charge in [-0.05, 0) is 12.8 Å². The zero-order valence-corrected chi connectivity index (χ0v) is 17.9. The average molecular weight is 371 g/mol. The smallest absolute Gasteiger partial charge is 0.434 e. The Labute approximate surface area is 163 Å². The van der Waals surface area contributed by atoms with Crippen molar-refractivity contribution in [3.63, 3.8) is 0 Å². The second kappa shape index (κ2) is 22.3. The normalized spacial score (nSPS) is 10.8. The first-order valence-corrected chi connectivity index (χ1v) is 11.6. The monoisotopic (exact) mass is 370 g/mol. The lowest BCUT2D eigenvalue weighted by molar-refractivity contribution is 0.0541. The highest BCUT2D eigenvalue weighted by molar-refractivity contribution is 5.59. The summed E-state index contributed by atoms with van der Waals surface area (Å²) in [4.78, 5) is 11.1. The molecule has 26 heavy (non-hydrogen) atoms. The van der Waals surface area contributed by atoms with Crippen LogP contribution in [-0.2, 0) is 9.47 Å². The lowest BCUT2D eigenvalue weighted by atomic mass is 10.0. The fraction of sp³-hybridized carbons (Fsp3) is 0.957. The Morgan fingerprint density at radius 1 is 0.462 bits per heavy atom. The molecule has 0 atom stereocenters. The molecule has 3 nitrogen and oxygen atoms in total. The molecule has 0 radical (unpaired) electrons. The minimum atomic E-state index is -0.511. The van der Waals surface area contributed by atoms with Gasteiger partial charge >= 0.3 is 6.16 Å². The van der Waals surface area contributed by atoms with Crippen LogP contribution in [0.15, 0.2) is 0 Å². The van der Waals surface area contributed by atoms with E-state index in [2.05, 4.69) is 6.92 Å². The molecule has 0 spiro atoms. The average Bonchev–Trinajstić information content (AvgIpc) is 2.65. The third-order valence-electron chi connectivity index (χ3n) is 4.89. The predicted octanol–water partition coefficient (Wildman–Crippen LogP) is 8.20. The summed E-state index contributed by atoms with van der Waals surface area (Å²) in [5.74, 6) is 0. The van der Waals surface area contributed by atoms with Gasteiger partial charge < -0.3 is 9.47 Å². The molecule has 0 aliphatic heterocycles. The highest BCUT2D eigenvalue weighted by Crippen LogP contribution is 2.14. The van der Waals surface area contributed by atoms with Gasteiger partial charge in [0.1, 0.15) is 0 Å². The molecule has 0 saturated carbocycles. The van der Waals surface area contributed by atoms with Crippen molar-refractivity contribution in [2.75, 3.05) is 13.2 Å².